The summed E-state index contributed by atoms with van der Waals surface area (Å²) in [5.41, 5.74) is 1.61. The molecule has 8 heteroatoms. The van der Waals surface area contributed by atoms with Crippen LogP contribution < -0.4 is 5.32 Å². The Bertz CT molecular complexity index is 1030. The van der Waals surface area contributed by atoms with Gasteiger partial charge in [0.15, 0.2) is 0 Å². The molecule has 0 unspecified atom stereocenters. The van der Waals surface area contributed by atoms with Crippen molar-refractivity contribution in [1.82, 2.24) is 4.98 Å². The van der Waals surface area contributed by atoms with Gasteiger partial charge in [-0.3, -0.25) is 0 Å². The fraction of sp³-hybridized carbons (Fsp3) is 0.250. The smallest absolute Gasteiger partial charge is 0.233 e. The number of ether oxygens (including phenoxy) is 1. The molecule has 3 rings (SSSR count). The quantitative estimate of drug-likeness (QED) is 0.537. The predicted octanol–water partition coefficient (Wildman–Crippen LogP) is 4.58. The third-order valence-electron chi connectivity index (χ3n) is 4.08. The van der Waals surface area contributed by atoms with Crippen LogP contribution in [0.1, 0.15) is 12.0 Å². The molecule has 0 aliphatic heterocycles. The Morgan fingerprint density at radius 1 is 1.11 bits per heavy atom. The fourth-order valence-electron chi connectivity index (χ4n) is 2.56. The molecule has 0 amide bonds. The number of methoxy groups -OCH3 is 1. The third-order valence-corrected chi connectivity index (χ3v) is 6.01. The number of hydrogen-bond acceptors (Lipinski definition) is 6. The average molecular weight is 421 g/mol. The standard InChI is InChI=1S/C20H21ClN2O4S/c1-14-4-10-17(11-5-14)28(24,25)20-19(22-12-3-13-26-2)27-18(23-20)15-6-8-16(21)9-7-15/h4-11,22H,3,12-13H2,1-2H3. The summed E-state index contributed by atoms with van der Waals surface area (Å²) in [5, 5.41) is 3.45. The molecule has 0 spiro atoms. The number of aromatic nitrogens is 1. The molecule has 0 fully saturated rings. The lowest BCUT2D eigenvalue weighted by Gasteiger charge is -2.06. The second-order valence-corrected chi connectivity index (χ2v) is 8.55. The van der Waals surface area contributed by atoms with Crippen LogP contribution in [0.5, 0.6) is 0 Å². The van der Waals surface area contributed by atoms with Crippen LogP contribution in [0.25, 0.3) is 11.5 Å². The highest BCUT2D eigenvalue weighted by atomic mass is 35.5. The van der Waals surface area contributed by atoms with Gasteiger partial charge in [0.2, 0.25) is 26.6 Å². The number of benzene rings is 2. The van der Waals surface area contributed by atoms with Crippen molar-refractivity contribution in [2.75, 3.05) is 25.6 Å². The predicted molar refractivity (Wildman–Crippen MR) is 109 cm³/mol. The van der Waals surface area contributed by atoms with Crippen LogP contribution >= 0.6 is 11.6 Å². The lowest BCUT2D eigenvalue weighted by molar-refractivity contribution is 0.197. The highest BCUT2D eigenvalue weighted by Gasteiger charge is 2.28. The molecule has 2 aromatic carbocycles. The number of anilines is 1. The van der Waals surface area contributed by atoms with Crippen molar-refractivity contribution in [1.29, 1.82) is 0 Å². The largest absolute Gasteiger partial charge is 0.419 e. The molecular formula is C20H21ClN2O4S. The van der Waals surface area contributed by atoms with Gasteiger partial charge in [0.1, 0.15) is 0 Å². The first-order valence-corrected chi connectivity index (χ1v) is 10.6. The zero-order chi connectivity index (χ0) is 20.1. The maximum atomic E-state index is 13.1. The number of hydrogen-bond donors (Lipinski definition) is 1. The monoisotopic (exact) mass is 420 g/mol. The SMILES string of the molecule is COCCCNc1oc(-c2ccc(Cl)cc2)nc1S(=O)(=O)c1ccc(C)cc1. The minimum Gasteiger partial charge on any atom is -0.419 e. The van der Waals surface area contributed by atoms with E-state index in [0.29, 0.717) is 30.2 Å². The van der Waals surface area contributed by atoms with E-state index in [0.717, 1.165) is 5.56 Å². The number of rotatable bonds is 8. The van der Waals surface area contributed by atoms with E-state index in [1.807, 2.05) is 6.92 Å². The number of halogens is 1. The summed E-state index contributed by atoms with van der Waals surface area (Å²) in [6, 6.07) is 13.5. The Balaban J connectivity index is 2.01. The molecule has 0 bridgehead atoms. The van der Waals surface area contributed by atoms with Crippen molar-refractivity contribution in [3.8, 4) is 11.5 Å². The van der Waals surface area contributed by atoms with Crippen molar-refractivity contribution < 1.29 is 17.6 Å². The fourth-order valence-corrected chi connectivity index (χ4v) is 3.97. The van der Waals surface area contributed by atoms with Crippen LogP contribution in [-0.2, 0) is 14.6 Å². The molecule has 1 heterocycles. The molecule has 1 N–H and O–H groups in total. The Kier molecular flexibility index (Phi) is 6.39. The minimum atomic E-state index is -3.85. The summed E-state index contributed by atoms with van der Waals surface area (Å²) in [4.78, 5) is 4.45. The van der Waals surface area contributed by atoms with Gasteiger partial charge in [0, 0.05) is 30.8 Å². The van der Waals surface area contributed by atoms with Crippen LogP contribution in [0.2, 0.25) is 5.02 Å². The van der Waals surface area contributed by atoms with Crippen molar-refractivity contribution in [2.24, 2.45) is 0 Å². The summed E-state index contributed by atoms with van der Waals surface area (Å²) in [6.45, 7) is 2.93. The van der Waals surface area contributed by atoms with Gasteiger partial charge in [-0.25, -0.2) is 8.42 Å². The number of sulfone groups is 1. The van der Waals surface area contributed by atoms with Crippen molar-refractivity contribution >= 4 is 27.3 Å². The minimum absolute atomic E-state index is 0.113. The molecular weight excluding hydrogens is 400 g/mol. The summed E-state index contributed by atoms with van der Waals surface area (Å²) >= 11 is 5.93. The molecule has 0 saturated carbocycles. The van der Waals surface area contributed by atoms with Crippen LogP contribution in [0.15, 0.2) is 62.9 Å². The Labute approximate surface area is 169 Å². The molecule has 1 aromatic heterocycles. The van der Waals surface area contributed by atoms with Crippen LogP contribution in [-0.4, -0.2) is 33.7 Å². The molecule has 6 nitrogen and oxygen atoms in total. The molecule has 0 atom stereocenters. The normalized spacial score (nSPS) is 11.5. The third kappa shape index (κ3) is 4.55. The van der Waals surface area contributed by atoms with Gasteiger partial charge in [-0.2, -0.15) is 4.98 Å². The number of aryl methyl sites for hydroxylation is 1. The first-order chi connectivity index (χ1) is 13.4. The molecule has 148 valence electrons. The first-order valence-electron chi connectivity index (χ1n) is 8.73. The molecule has 0 aliphatic carbocycles. The van der Waals surface area contributed by atoms with Crippen molar-refractivity contribution in [3.63, 3.8) is 0 Å². The van der Waals surface area contributed by atoms with Crippen molar-refractivity contribution in [2.45, 2.75) is 23.3 Å². The zero-order valence-corrected chi connectivity index (χ0v) is 17.2. The van der Waals surface area contributed by atoms with E-state index in [1.165, 1.54) is 0 Å². The second kappa shape index (κ2) is 8.77. The summed E-state index contributed by atoms with van der Waals surface area (Å²) < 4.78 is 37.1. The van der Waals surface area contributed by atoms with Gasteiger partial charge >= 0.3 is 0 Å². The maximum absolute atomic E-state index is 13.1. The molecule has 0 radical (unpaired) electrons. The molecule has 0 saturated heterocycles. The summed E-state index contributed by atoms with van der Waals surface area (Å²) in [7, 11) is -2.24. The van der Waals surface area contributed by atoms with Crippen LogP contribution in [0.4, 0.5) is 5.88 Å². The van der Waals surface area contributed by atoms with Gasteiger partial charge in [0.25, 0.3) is 0 Å². The van der Waals surface area contributed by atoms with E-state index in [-0.39, 0.29) is 21.7 Å². The molecule has 3 aromatic rings. The number of nitrogens with zero attached hydrogens (tertiary/aromatic N) is 1. The Hall–Kier alpha value is -2.35. The average Bonchev–Trinajstić information content (AvgIpc) is 3.11. The zero-order valence-electron chi connectivity index (χ0n) is 15.6. The van der Waals surface area contributed by atoms with Gasteiger partial charge in [-0.15, -0.1) is 0 Å². The lowest BCUT2D eigenvalue weighted by atomic mass is 10.2. The Morgan fingerprint density at radius 3 is 2.43 bits per heavy atom. The summed E-state index contributed by atoms with van der Waals surface area (Å²) in [5.74, 6) is 0.318. The van der Waals surface area contributed by atoms with E-state index in [4.69, 9.17) is 20.8 Å². The Morgan fingerprint density at radius 2 is 1.79 bits per heavy atom. The molecule has 0 aliphatic rings. The first kappa shape index (κ1) is 20.4. The highest BCUT2D eigenvalue weighted by Crippen LogP contribution is 2.32. The van der Waals surface area contributed by atoms with Gasteiger partial charge in [-0.1, -0.05) is 29.3 Å². The van der Waals surface area contributed by atoms with E-state index in [1.54, 1.807) is 55.6 Å². The van der Waals surface area contributed by atoms with E-state index < -0.39 is 9.84 Å². The van der Waals surface area contributed by atoms with Gasteiger partial charge < -0.3 is 14.5 Å². The maximum Gasteiger partial charge on any atom is 0.233 e. The lowest BCUT2D eigenvalue weighted by Crippen LogP contribution is -2.09. The van der Waals surface area contributed by atoms with Crippen LogP contribution in [0, 0.1) is 6.92 Å². The van der Waals surface area contributed by atoms with Crippen LogP contribution in [0.3, 0.4) is 0 Å². The summed E-state index contributed by atoms with van der Waals surface area (Å²) in [6.07, 6.45) is 0.692. The highest BCUT2D eigenvalue weighted by molar-refractivity contribution is 7.91. The van der Waals surface area contributed by atoms with E-state index >= 15 is 0 Å². The number of nitrogens with one attached hydrogen (secondary N) is 1. The topological polar surface area (TPSA) is 81.4 Å². The van der Waals surface area contributed by atoms with Gasteiger partial charge in [0.05, 0.1) is 4.90 Å². The van der Waals surface area contributed by atoms with Gasteiger partial charge in [-0.05, 0) is 49.7 Å². The van der Waals surface area contributed by atoms with E-state index in [9.17, 15) is 8.42 Å². The van der Waals surface area contributed by atoms with E-state index in [2.05, 4.69) is 10.3 Å². The van der Waals surface area contributed by atoms with Crippen molar-refractivity contribution in [3.05, 3.63) is 59.1 Å². The second-order valence-electron chi connectivity index (χ2n) is 6.25. The molecule has 28 heavy (non-hydrogen) atoms. The number of oxazole rings is 1.